The summed E-state index contributed by atoms with van der Waals surface area (Å²) in [5.41, 5.74) is 0.210. The van der Waals surface area contributed by atoms with Crippen LogP contribution in [-0.4, -0.2) is 17.3 Å². The second-order valence-corrected chi connectivity index (χ2v) is 5.01. The zero-order chi connectivity index (χ0) is 13.5. The molecule has 100 valence electrons. The highest BCUT2D eigenvalue weighted by atomic mass is 79.9. The minimum Gasteiger partial charge on any atom is -0.353 e. The van der Waals surface area contributed by atoms with E-state index < -0.39 is 11.6 Å². The van der Waals surface area contributed by atoms with Gasteiger partial charge in [-0.2, -0.15) is 0 Å². The maximum Gasteiger partial charge on any atom is 0.224 e. The molecule has 0 heterocycles. The van der Waals surface area contributed by atoms with Crippen molar-refractivity contribution in [2.45, 2.75) is 32.2 Å². The molecule has 1 amide bonds. The maximum atomic E-state index is 13.3. The van der Waals surface area contributed by atoms with Gasteiger partial charge in [0.1, 0.15) is 11.6 Å². The first-order valence-corrected chi connectivity index (χ1v) is 6.94. The lowest BCUT2D eigenvalue weighted by atomic mass is 10.1. The highest BCUT2D eigenvalue weighted by Gasteiger charge is 2.11. The Morgan fingerprint density at radius 3 is 2.78 bits per heavy atom. The maximum absolute atomic E-state index is 13.3. The average Bonchev–Trinajstić information content (AvgIpc) is 2.30. The molecule has 0 fully saturated rings. The Morgan fingerprint density at radius 2 is 2.17 bits per heavy atom. The number of benzene rings is 1. The van der Waals surface area contributed by atoms with E-state index in [1.54, 1.807) is 0 Å². The van der Waals surface area contributed by atoms with Crippen molar-refractivity contribution in [1.29, 1.82) is 0 Å². The number of carbonyl (C=O) groups excluding carboxylic acids is 1. The van der Waals surface area contributed by atoms with Crippen LogP contribution in [0, 0.1) is 11.6 Å². The number of alkyl halides is 1. The molecule has 1 atom stereocenters. The number of amides is 1. The summed E-state index contributed by atoms with van der Waals surface area (Å²) >= 11 is 3.32. The highest BCUT2D eigenvalue weighted by molar-refractivity contribution is 9.09. The van der Waals surface area contributed by atoms with Crippen molar-refractivity contribution in [3.8, 4) is 0 Å². The van der Waals surface area contributed by atoms with Crippen LogP contribution in [0.15, 0.2) is 18.2 Å². The number of halogens is 3. The predicted molar refractivity (Wildman–Crippen MR) is 70.7 cm³/mol. The summed E-state index contributed by atoms with van der Waals surface area (Å²) < 4.78 is 26.0. The van der Waals surface area contributed by atoms with Gasteiger partial charge in [-0.15, -0.1) is 0 Å². The SMILES string of the molecule is CC(CCCBr)NC(=O)Cc1ccc(F)cc1F. The Morgan fingerprint density at radius 1 is 1.44 bits per heavy atom. The Labute approximate surface area is 114 Å². The summed E-state index contributed by atoms with van der Waals surface area (Å²) in [5, 5.41) is 3.67. The third-order valence-electron chi connectivity index (χ3n) is 2.54. The molecule has 1 unspecified atom stereocenters. The van der Waals surface area contributed by atoms with Crippen molar-refractivity contribution in [3.63, 3.8) is 0 Å². The molecule has 0 bridgehead atoms. The van der Waals surface area contributed by atoms with Gasteiger partial charge in [-0.3, -0.25) is 4.79 Å². The number of carbonyl (C=O) groups is 1. The van der Waals surface area contributed by atoms with Gasteiger partial charge in [-0.25, -0.2) is 8.78 Å². The molecule has 1 rings (SSSR count). The zero-order valence-electron chi connectivity index (χ0n) is 10.2. The van der Waals surface area contributed by atoms with Gasteiger partial charge < -0.3 is 5.32 Å². The topological polar surface area (TPSA) is 29.1 Å². The fourth-order valence-corrected chi connectivity index (χ4v) is 1.94. The summed E-state index contributed by atoms with van der Waals surface area (Å²) in [5.74, 6) is -1.57. The van der Waals surface area contributed by atoms with Crippen LogP contribution < -0.4 is 5.32 Å². The average molecular weight is 320 g/mol. The summed E-state index contributed by atoms with van der Waals surface area (Å²) in [4.78, 5) is 11.6. The standard InChI is InChI=1S/C13H16BrF2NO/c1-9(3-2-6-14)17-13(18)7-10-4-5-11(15)8-12(10)16/h4-5,8-9H,2-3,6-7H2,1H3,(H,17,18). The molecular weight excluding hydrogens is 304 g/mol. The molecule has 0 spiro atoms. The Kier molecular flexibility index (Phi) is 6.25. The number of rotatable bonds is 6. The van der Waals surface area contributed by atoms with Crippen LogP contribution >= 0.6 is 15.9 Å². The molecule has 5 heteroatoms. The molecule has 0 aliphatic heterocycles. The second-order valence-electron chi connectivity index (χ2n) is 4.21. The number of hydrogen-bond donors (Lipinski definition) is 1. The van der Waals surface area contributed by atoms with Gasteiger partial charge in [0.15, 0.2) is 0 Å². The minimum atomic E-state index is -0.682. The molecule has 0 saturated heterocycles. The normalized spacial score (nSPS) is 12.2. The largest absolute Gasteiger partial charge is 0.353 e. The van der Waals surface area contributed by atoms with Crippen LogP contribution in [-0.2, 0) is 11.2 Å². The van der Waals surface area contributed by atoms with E-state index in [1.165, 1.54) is 6.07 Å². The first-order chi connectivity index (χ1) is 8.52. The van der Waals surface area contributed by atoms with Crippen LogP contribution in [0.5, 0.6) is 0 Å². The minimum absolute atomic E-state index is 0.0542. The lowest BCUT2D eigenvalue weighted by molar-refractivity contribution is -0.121. The summed E-state index contributed by atoms with van der Waals surface area (Å²) in [6, 6.07) is 3.29. The Bertz CT molecular complexity index is 412. The van der Waals surface area contributed by atoms with Gasteiger partial charge in [0.05, 0.1) is 6.42 Å². The van der Waals surface area contributed by atoms with Gasteiger partial charge >= 0.3 is 0 Å². The van der Waals surface area contributed by atoms with Crippen molar-refractivity contribution in [3.05, 3.63) is 35.4 Å². The van der Waals surface area contributed by atoms with E-state index >= 15 is 0 Å². The van der Waals surface area contributed by atoms with Gasteiger partial charge in [-0.1, -0.05) is 22.0 Å². The summed E-state index contributed by atoms with van der Waals surface area (Å²) in [6.45, 7) is 1.90. The second kappa shape index (κ2) is 7.46. The van der Waals surface area contributed by atoms with E-state index in [4.69, 9.17) is 0 Å². The molecule has 1 aromatic rings. The molecule has 1 N–H and O–H groups in total. The molecule has 2 nitrogen and oxygen atoms in total. The molecule has 18 heavy (non-hydrogen) atoms. The molecule has 0 saturated carbocycles. The number of nitrogens with one attached hydrogen (secondary N) is 1. The van der Waals surface area contributed by atoms with Crippen LogP contribution in [0.4, 0.5) is 8.78 Å². The molecular formula is C13H16BrF2NO. The highest BCUT2D eigenvalue weighted by Crippen LogP contribution is 2.10. The summed E-state index contributed by atoms with van der Waals surface area (Å²) in [6.07, 6.45) is 1.76. The van der Waals surface area contributed by atoms with Gasteiger partial charge in [-0.05, 0) is 31.4 Å². The van der Waals surface area contributed by atoms with Gasteiger partial charge in [0.25, 0.3) is 0 Å². The monoisotopic (exact) mass is 319 g/mol. The third-order valence-corrected chi connectivity index (χ3v) is 3.11. The fraction of sp³-hybridized carbons (Fsp3) is 0.462. The summed E-state index contributed by atoms with van der Waals surface area (Å²) in [7, 11) is 0. The van der Waals surface area contributed by atoms with E-state index in [0.29, 0.717) is 0 Å². The third kappa shape index (κ3) is 5.12. The van der Waals surface area contributed by atoms with Gasteiger partial charge in [0, 0.05) is 17.4 Å². The van der Waals surface area contributed by atoms with Crippen LogP contribution in [0.3, 0.4) is 0 Å². The van der Waals surface area contributed by atoms with Crippen LogP contribution in [0.25, 0.3) is 0 Å². The van der Waals surface area contributed by atoms with Crippen molar-refractivity contribution < 1.29 is 13.6 Å². The van der Waals surface area contributed by atoms with Crippen molar-refractivity contribution in [1.82, 2.24) is 5.32 Å². The van der Waals surface area contributed by atoms with E-state index in [-0.39, 0.29) is 23.9 Å². The first-order valence-electron chi connectivity index (χ1n) is 5.82. The lowest BCUT2D eigenvalue weighted by Crippen LogP contribution is -2.33. The van der Waals surface area contributed by atoms with Crippen molar-refractivity contribution in [2.24, 2.45) is 0 Å². The van der Waals surface area contributed by atoms with Crippen LogP contribution in [0.1, 0.15) is 25.3 Å². The quantitative estimate of drug-likeness (QED) is 0.802. The van der Waals surface area contributed by atoms with E-state index in [0.717, 1.165) is 30.3 Å². The predicted octanol–water partition coefficient (Wildman–Crippen LogP) is 3.19. The van der Waals surface area contributed by atoms with E-state index in [2.05, 4.69) is 21.2 Å². The van der Waals surface area contributed by atoms with E-state index in [9.17, 15) is 13.6 Å². The number of hydrogen-bond acceptors (Lipinski definition) is 1. The van der Waals surface area contributed by atoms with Crippen molar-refractivity contribution in [2.75, 3.05) is 5.33 Å². The molecule has 0 aliphatic carbocycles. The Hall–Kier alpha value is -0.970. The Balaban J connectivity index is 2.49. The molecule has 0 aliphatic rings. The zero-order valence-corrected chi connectivity index (χ0v) is 11.8. The lowest BCUT2D eigenvalue weighted by Gasteiger charge is -2.13. The van der Waals surface area contributed by atoms with Gasteiger partial charge in [0.2, 0.25) is 5.91 Å². The first kappa shape index (κ1) is 15.1. The fourth-order valence-electron chi connectivity index (χ4n) is 1.62. The molecule has 0 aromatic heterocycles. The molecule has 1 aromatic carbocycles. The van der Waals surface area contributed by atoms with Crippen LogP contribution in [0.2, 0.25) is 0 Å². The van der Waals surface area contributed by atoms with E-state index in [1.807, 2.05) is 6.92 Å². The smallest absolute Gasteiger partial charge is 0.224 e. The molecule has 0 radical (unpaired) electrons. The van der Waals surface area contributed by atoms with Crippen molar-refractivity contribution >= 4 is 21.8 Å².